The van der Waals surface area contributed by atoms with Crippen molar-refractivity contribution in [2.45, 2.75) is 39.4 Å². The maximum atomic E-state index is 13.4. The van der Waals surface area contributed by atoms with Crippen LogP contribution in [-0.2, 0) is 17.9 Å². The van der Waals surface area contributed by atoms with Gasteiger partial charge >= 0.3 is 0 Å². The molecule has 0 aliphatic rings. The van der Waals surface area contributed by atoms with Gasteiger partial charge in [0.25, 0.3) is 5.91 Å². The van der Waals surface area contributed by atoms with Crippen LogP contribution in [0.15, 0.2) is 83.5 Å². The van der Waals surface area contributed by atoms with Crippen LogP contribution in [0, 0.1) is 0 Å². The zero-order chi connectivity index (χ0) is 21.6. The SMILES string of the molecule is CC(C)(C)N(CC(=O)N(Cc1ccccc1)Cc1ccco1)C(=O)c1ccccc1. The van der Waals surface area contributed by atoms with Gasteiger partial charge in [-0.2, -0.15) is 0 Å². The molecule has 3 rings (SSSR count). The van der Waals surface area contributed by atoms with Gasteiger partial charge in [0, 0.05) is 17.6 Å². The summed E-state index contributed by atoms with van der Waals surface area (Å²) in [5, 5.41) is 0. The fourth-order valence-electron chi connectivity index (χ4n) is 3.21. The molecule has 2 amide bonds. The number of amides is 2. The summed E-state index contributed by atoms with van der Waals surface area (Å²) >= 11 is 0. The normalized spacial score (nSPS) is 11.2. The van der Waals surface area contributed by atoms with E-state index in [2.05, 4.69) is 0 Å². The standard InChI is InChI=1S/C25H28N2O3/c1-25(2,3)27(24(29)21-13-8-5-9-14-21)19-23(28)26(18-22-15-10-16-30-22)17-20-11-6-4-7-12-20/h4-16H,17-19H2,1-3H3. The lowest BCUT2D eigenvalue weighted by Gasteiger charge is -2.36. The van der Waals surface area contributed by atoms with Crippen molar-refractivity contribution in [1.29, 1.82) is 0 Å². The van der Waals surface area contributed by atoms with Crippen LogP contribution >= 0.6 is 0 Å². The Morgan fingerprint density at radius 2 is 1.47 bits per heavy atom. The van der Waals surface area contributed by atoms with E-state index in [1.807, 2.05) is 75.4 Å². The van der Waals surface area contributed by atoms with Crippen molar-refractivity contribution in [3.63, 3.8) is 0 Å². The molecule has 5 heteroatoms. The van der Waals surface area contributed by atoms with E-state index in [9.17, 15) is 9.59 Å². The fraction of sp³-hybridized carbons (Fsp3) is 0.280. The molecule has 0 aliphatic heterocycles. The summed E-state index contributed by atoms with van der Waals surface area (Å²) in [6.07, 6.45) is 1.60. The molecular formula is C25H28N2O3. The van der Waals surface area contributed by atoms with Crippen LogP contribution in [0.1, 0.15) is 42.5 Å². The van der Waals surface area contributed by atoms with Crippen molar-refractivity contribution in [3.8, 4) is 0 Å². The van der Waals surface area contributed by atoms with Gasteiger partial charge in [0.1, 0.15) is 12.3 Å². The van der Waals surface area contributed by atoms with E-state index in [0.717, 1.165) is 5.56 Å². The maximum Gasteiger partial charge on any atom is 0.254 e. The number of nitrogens with zero attached hydrogens (tertiary/aromatic N) is 2. The Balaban J connectivity index is 1.83. The van der Waals surface area contributed by atoms with Crippen LogP contribution in [0.5, 0.6) is 0 Å². The minimum atomic E-state index is -0.508. The highest BCUT2D eigenvalue weighted by Gasteiger charge is 2.31. The van der Waals surface area contributed by atoms with Gasteiger partial charge in [0.2, 0.25) is 5.91 Å². The number of hydrogen-bond donors (Lipinski definition) is 0. The molecule has 5 nitrogen and oxygen atoms in total. The van der Waals surface area contributed by atoms with Gasteiger partial charge in [-0.15, -0.1) is 0 Å². The van der Waals surface area contributed by atoms with Crippen molar-refractivity contribution >= 4 is 11.8 Å². The first-order valence-corrected chi connectivity index (χ1v) is 10.1. The summed E-state index contributed by atoms with van der Waals surface area (Å²) in [7, 11) is 0. The number of benzene rings is 2. The van der Waals surface area contributed by atoms with E-state index in [4.69, 9.17) is 4.42 Å². The molecule has 0 saturated heterocycles. The quantitative estimate of drug-likeness (QED) is 0.571. The highest BCUT2D eigenvalue weighted by Crippen LogP contribution is 2.19. The average Bonchev–Trinajstić information content (AvgIpc) is 3.24. The Morgan fingerprint density at radius 3 is 2.03 bits per heavy atom. The predicted molar refractivity (Wildman–Crippen MR) is 117 cm³/mol. The van der Waals surface area contributed by atoms with Gasteiger partial charge in [-0.1, -0.05) is 48.5 Å². The summed E-state index contributed by atoms with van der Waals surface area (Å²) < 4.78 is 5.47. The number of hydrogen-bond acceptors (Lipinski definition) is 3. The molecule has 30 heavy (non-hydrogen) atoms. The molecule has 2 aromatic carbocycles. The van der Waals surface area contributed by atoms with Crippen LogP contribution < -0.4 is 0 Å². The first kappa shape index (κ1) is 21.4. The average molecular weight is 405 g/mol. The zero-order valence-corrected chi connectivity index (χ0v) is 17.7. The van der Waals surface area contributed by atoms with E-state index in [1.54, 1.807) is 34.3 Å². The molecule has 1 heterocycles. The second kappa shape index (κ2) is 9.44. The van der Waals surface area contributed by atoms with Gasteiger partial charge < -0.3 is 14.2 Å². The lowest BCUT2D eigenvalue weighted by Crippen LogP contribution is -2.51. The van der Waals surface area contributed by atoms with Crippen molar-refractivity contribution in [1.82, 2.24) is 9.80 Å². The highest BCUT2D eigenvalue weighted by molar-refractivity contribution is 5.97. The first-order valence-electron chi connectivity index (χ1n) is 10.1. The second-order valence-corrected chi connectivity index (χ2v) is 8.24. The van der Waals surface area contributed by atoms with Gasteiger partial charge in [-0.25, -0.2) is 0 Å². The van der Waals surface area contributed by atoms with Crippen molar-refractivity contribution in [2.75, 3.05) is 6.54 Å². The molecule has 0 unspecified atom stereocenters. The summed E-state index contributed by atoms with van der Waals surface area (Å²) in [6.45, 7) is 6.60. The van der Waals surface area contributed by atoms with Gasteiger partial charge in [-0.3, -0.25) is 9.59 Å². The van der Waals surface area contributed by atoms with Crippen LogP contribution in [0.2, 0.25) is 0 Å². The number of carbonyl (C=O) groups excluding carboxylic acids is 2. The van der Waals surface area contributed by atoms with E-state index < -0.39 is 5.54 Å². The van der Waals surface area contributed by atoms with Gasteiger partial charge in [0.15, 0.2) is 0 Å². The summed E-state index contributed by atoms with van der Waals surface area (Å²) in [4.78, 5) is 29.9. The second-order valence-electron chi connectivity index (χ2n) is 8.24. The molecule has 0 fully saturated rings. The number of carbonyl (C=O) groups is 2. The molecule has 0 saturated carbocycles. The minimum Gasteiger partial charge on any atom is -0.467 e. The first-order chi connectivity index (χ1) is 14.3. The third-order valence-electron chi connectivity index (χ3n) is 4.86. The van der Waals surface area contributed by atoms with E-state index in [1.165, 1.54) is 0 Å². The van der Waals surface area contributed by atoms with Crippen LogP contribution in [0.25, 0.3) is 0 Å². The Hall–Kier alpha value is -3.34. The molecule has 156 valence electrons. The molecular weight excluding hydrogens is 376 g/mol. The minimum absolute atomic E-state index is 0.00916. The third kappa shape index (κ3) is 5.60. The molecule has 0 radical (unpaired) electrons. The Kier molecular flexibility index (Phi) is 6.72. The monoisotopic (exact) mass is 404 g/mol. The summed E-state index contributed by atoms with van der Waals surface area (Å²) in [5.41, 5.74) is 1.08. The van der Waals surface area contributed by atoms with Crippen LogP contribution in [0.3, 0.4) is 0 Å². The molecule has 0 aliphatic carbocycles. The largest absolute Gasteiger partial charge is 0.467 e. The fourth-order valence-corrected chi connectivity index (χ4v) is 3.21. The Labute approximate surface area is 177 Å². The Bertz CT molecular complexity index is 945. The number of rotatable bonds is 7. The topological polar surface area (TPSA) is 53.8 Å². The summed E-state index contributed by atoms with van der Waals surface area (Å²) in [6, 6.07) is 22.5. The van der Waals surface area contributed by atoms with E-state index >= 15 is 0 Å². The molecule has 0 bridgehead atoms. The van der Waals surface area contributed by atoms with Crippen molar-refractivity contribution < 1.29 is 14.0 Å². The van der Waals surface area contributed by atoms with Gasteiger partial charge in [-0.05, 0) is 50.6 Å². The smallest absolute Gasteiger partial charge is 0.254 e. The molecule has 0 atom stereocenters. The number of furan rings is 1. The van der Waals surface area contributed by atoms with Crippen LogP contribution in [-0.4, -0.2) is 33.7 Å². The lowest BCUT2D eigenvalue weighted by molar-refractivity contribution is -0.134. The molecule has 0 N–H and O–H groups in total. The van der Waals surface area contributed by atoms with E-state index in [0.29, 0.717) is 24.4 Å². The zero-order valence-electron chi connectivity index (χ0n) is 17.7. The molecule has 1 aromatic heterocycles. The predicted octanol–water partition coefficient (Wildman–Crippen LogP) is 4.75. The van der Waals surface area contributed by atoms with Gasteiger partial charge in [0.05, 0.1) is 12.8 Å². The third-order valence-corrected chi connectivity index (χ3v) is 4.86. The maximum absolute atomic E-state index is 13.4. The van der Waals surface area contributed by atoms with Crippen molar-refractivity contribution in [3.05, 3.63) is 95.9 Å². The summed E-state index contributed by atoms with van der Waals surface area (Å²) in [5.74, 6) is 0.416. The van der Waals surface area contributed by atoms with Crippen LogP contribution in [0.4, 0.5) is 0 Å². The van der Waals surface area contributed by atoms with E-state index in [-0.39, 0.29) is 18.4 Å². The molecule has 3 aromatic rings. The lowest BCUT2D eigenvalue weighted by atomic mass is 10.0. The van der Waals surface area contributed by atoms with Crippen molar-refractivity contribution in [2.24, 2.45) is 0 Å². The Morgan fingerprint density at radius 1 is 0.833 bits per heavy atom. The highest BCUT2D eigenvalue weighted by atomic mass is 16.3. The molecule has 0 spiro atoms.